The Morgan fingerprint density at radius 3 is 2.26 bits per heavy atom. The molecule has 1 aliphatic heterocycles. The smallest absolute Gasteiger partial charge is 0.305 e. The van der Waals surface area contributed by atoms with Crippen LogP contribution in [0.2, 0.25) is 0 Å². The van der Waals surface area contributed by atoms with Crippen LogP contribution >= 0.6 is 0 Å². The van der Waals surface area contributed by atoms with Gasteiger partial charge >= 0.3 is 5.97 Å². The summed E-state index contributed by atoms with van der Waals surface area (Å²) >= 11 is 0. The number of carbonyl (C=O) groups is 3. The number of aliphatic carboxylic acids is 1. The number of amides is 2. The van der Waals surface area contributed by atoms with Gasteiger partial charge in [0, 0.05) is 37.9 Å². The molecule has 9 nitrogen and oxygen atoms in total. The van der Waals surface area contributed by atoms with Crippen LogP contribution in [0.4, 0.5) is 8.78 Å². The second-order valence-corrected chi connectivity index (χ2v) is 13.4. The molecule has 3 aromatic rings. The summed E-state index contributed by atoms with van der Waals surface area (Å²) in [6.45, 7) is 14.6. The number of rotatable bonds is 13. The third kappa shape index (κ3) is 8.51. The minimum atomic E-state index is -1.45. The molecule has 0 spiro atoms. The lowest BCUT2D eigenvalue weighted by molar-refractivity contribution is -0.137. The van der Waals surface area contributed by atoms with E-state index in [1.807, 2.05) is 32.9 Å². The fourth-order valence-corrected chi connectivity index (χ4v) is 6.58. The van der Waals surface area contributed by atoms with Crippen LogP contribution in [0.15, 0.2) is 47.4 Å². The van der Waals surface area contributed by atoms with E-state index >= 15 is 8.78 Å². The zero-order valence-corrected chi connectivity index (χ0v) is 27.9. The zero-order valence-electron chi connectivity index (χ0n) is 27.9. The molecule has 2 amide bonds. The highest BCUT2D eigenvalue weighted by Crippen LogP contribution is 2.34. The lowest BCUT2D eigenvalue weighted by Gasteiger charge is -2.46. The van der Waals surface area contributed by atoms with E-state index < -0.39 is 53.5 Å². The summed E-state index contributed by atoms with van der Waals surface area (Å²) in [7, 11) is 0. The third-order valence-corrected chi connectivity index (χ3v) is 8.52. The SMILES string of the molecule is CCC[C@H](NC(=O)c1cccn(CCN2CC(C)(C)C2)c1=O)C(=O)N[C@@H](CC(=O)O)c1cc(-c2c(C)cc(C)cc2C)cc(F)c1F. The van der Waals surface area contributed by atoms with Gasteiger partial charge in [0.15, 0.2) is 11.6 Å². The van der Waals surface area contributed by atoms with Crippen LogP contribution in [0, 0.1) is 37.8 Å². The highest BCUT2D eigenvalue weighted by atomic mass is 19.2. The Balaban J connectivity index is 1.57. The molecule has 3 N–H and O–H groups in total. The van der Waals surface area contributed by atoms with Gasteiger partial charge in [-0.15, -0.1) is 0 Å². The molecule has 0 saturated carbocycles. The van der Waals surface area contributed by atoms with Crippen LogP contribution in [0.5, 0.6) is 0 Å². The number of hydrogen-bond donors (Lipinski definition) is 3. The van der Waals surface area contributed by atoms with Gasteiger partial charge in [0.05, 0.1) is 12.5 Å². The minimum absolute atomic E-state index is 0.142. The summed E-state index contributed by atoms with van der Waals surface area (Å²) in [6.07, 6.45) is 1.49. The van der Waals surface area contributed by atoms with E-state index in [1.54, 1.807) is 19.2 Å². The van der Waals surface area contributed by atoms with Gasteiger partial charge in [-0.1, -0.05) is 44.9 Å². The Labute approximate surface area is 274 Å². The van der Waals surface area contributed by atoms with E-state index in [9.17, 15) is 24.3 Å². The Bertz CT molecular complexity index is 1700. The van der Waals surface area contributed by atoms with E-state index in [0.717, 1.165) is 35.8 Å². The molecule has 11 heteroatoms. The summed E-state index contributed by atoms with van der Waals surface area (Å²) in [5, 5.41) is 14.8. The van der Waals surface area contributed by atoms with Crippen LogP contribution in [0.3, 0.4) is 0 Å². The van der Waals surface area contributed by atoms with Crippen molar-refractivity contribution >= 4 is 17.8 Å². The quantitative estimate of drug-likeness (QED) is 0.231. The number of nitrogens with zero attached hydrogens (tertiary/aromatic N) is 2. The average Bonchev–Trinajstić information content (AvgIpc) is 2.95. The van der Waals surface area contributed by atoms with Gasteiger partial charge in [0.25, 0.3) is 11.5 Å². The molecule has 0 unspecified atom stereocenters. The van der Waals surface area contributed by atoms with Crippen molar-refractivity contribution < 1.29 is 28.3 Å². The summed E-state index contributed by atoms with van der Waals surface area (Å²) < 4.78 is 31.8. The monoisotopic (exact) mass is 650 g/mol. The van der Waals surface area contributed by atoms with Crippen molar-refractivity contribution in [3.8, 4) is 11.1 Å². The minimum Gasteiger partial charge on any atom is -0.481 e. The molecule has 0 aliphatic carbocycles. The number of aryl methyl sites for hydroxylation is 3. The molecule has 0 radical (unpaired) electrons. The molecule has 47 heavy (non-hydrogen) atoms. The van der Waals surface area contributed by atoms with Crippen molar-refractivity contribution in [2.24, 2.45) is 5.41 Å². The number of carboxylic acids is 1. The number of benzene rings is 2. The molecule has 1 saturated heterocycles. The van der Waals surface area contributed by atoms with Gasteiger partial charge in [-0.25, -0.2) is 8.78 Å². The number of carboxylic acid groups (broad SMARTS) is 1. The molecule has 2 aromatic carbocycles. The summed E-state index contributed by atoms with van der Waals surface area (Å²) in [6, 6.07) is 6.59. The standard InChI is InChI=1S/C36H44F2N4O5/c1-7-9-28(39-33(45)25-10-8-11-42(35(25)47)13-12-41-19-36(5,6)20-41)34(46)40-29(18-30(43)44)26-16-24(17-27(37)32(26)38)31-22(3)14-21(2)15-23(31)4/h8,10-11,14-17,28-29H,7,9,12-13,18-20H2,1-6H3,(H,39,45)(H,40,46)(H,43,44)/t28-,29-/m0/s1. The predicted octanol–water partition coefficient (Wildman–Crippen LogP) is 5.29. The molecule has 2 heterocycles. The van der Waals surface area contributed by atoms with Gasteiger partial charge in [-0.2, -0.15) is 0 Å². The largest absolute Gasteiger partial charge is 0.481 e. The van der Waals surface area contributed by atoms with Crippen molar-refractivity contribution in [1.29, 1.82) is 0 Å². The van der Waals surface area contributed by atoms with Gasteiger partial charge < -0.3 is 25.2 Å². The third-order valence-electron chi connectivity index (χ3n) is 8.52. The number of likely N-dealkylation sites (tertiary alicyclic amines) is 1. The number of nitrogens with one attached hydrogen (secondary N) is 2. The van der Waals surface area contributed by atoms with Crippen molar-refractivity contribution in [3.63, 3.8) is 0 Å². The Hall–Kier alpha value is -4.38. The number of pyridine rings is 1. The first kappa shape index (κ1) is 35.5. The lowest BCUT2D eigenvalue weighted by atomic mass is 9.84. The summed E-state index contributed by atoms with van der Waals surface area (Å²) in [4.78, 5) is 54.1. The first-order valence-electron chi connectivity index (χ1n) is 15.9. The summed E-state index contributed by atoms with van der Waals surface area (Å²) in [5.41, 5.74) is 2.95. The fourth-order valence-electron chi connectivity index (χ4n) is 6.58. The first-order valence-corrected chi connectivity index (χ1v) is 15.9. The number of halogens is 2. The fraction of sp³-hybridized carbons (Fsp3) is 0.444. The lowest BCUT2D eigenvalue weighted by Crippen LogP contribution is -2.54. The Morgan fingerprint density at radius 1 is 1.00 bits per heavy atom. The van der Waals surface area contributed by atoms with Gasteiger partial charge in [-0.3, -0.25) is 19.2 Å². The second-order valence-electron chi connectivity index (χ2n) is 13.4. The van der Waals surface area contributed by atoms with E-state index in [1.165, 1.54) is 16.7 Å². The van der Waals surface area contributed by atoms with Gasteiger partial charge in [0.1, 0.15) is 11.6 Å². The van der Waals surface area contributed by atoms with E-state index in [-0.39, 0.29) is 23.0 Å². The molecule has 0 bridgehead atoms. The van der Waals surface area contributed by atoms with Crippen molar-refractivity contribution in [1.82, 2.24) is 20.1 Å². The maximum absolute atomic E-state index is 15.3. The van der Waals surface area contributed by atoms with Crippen molar-refractivity contribution in [3.05, 3.63) is 92.4 Å². The first-order chi connectivity index (χ1) is 22.1. The number of hydrogen-bond acceptors (Lipinski definition) is 5. The predicted molar refractivity (Wildman–Crippen MR) is 176 cm³/mol. The van der Waals surface area contributed by atoms with Crippen molar-refractivity contribution in [2.75, 3.05) is 19.6 Å². The van der Waals surface area contributed by atoms with Gasteiger partial charge in [-0.05, 0) is 79.1 Å². The van der Waals surface area contributed by atoms with Crippen LogP contribution in [-0.4, -0.2) is 58.0 Å². The highest BCUT2D eigenvalue weighted by Gasteiger charge is 2.33. The molecular weight excluding hydrogens is 606 g/mol. The molecule has 252 valence electrons. The maximum Gasteiger partial charge on any atom is 0.305 e. The maximum atomic E-state index is 15.3. The zero-order chi connectivity index (χ0) is 34.6. The Kier molecular flexibility index (Phi) is 11.0. The molecule has 1 fully saturated rings. The topological polar surface area (TPSA) is 121 Å². The van der Waals surface area contributed by atoms with Crippen LogP contribution in [0.25, 0.3) is 11.1 Å². The van der Waals surface area contributed by atoms with Gasteiger partial charge in [0.2, 0.25) is 5.91 Å². The number of carbonyl (C=O) groups excluding carboxylic acids is 2. The highest BCUT2D eigenvalue weighted by molar-refractivity contribution is 5.97. The molecular formula is C36H44F2N4O5. The number of aromatic nitrogens is 1. The van der Waals surface area contributed by atoms with Crippen LogP contribution in [-0.2, 0) is 16.1 Å². The van der Waals surface area contributed by atoms with E-state index in [0.29, 0.717) is 30.6 Å². The van der Waals surface area contributed by atoms with Crippen LogP contribution in [0.1, 0.15) is 78.7 Å². The summed E-state index contributed by atoms with van der Waals surface area (Å²) in [5.74, 6) is -5.34. The normalized spacial score (nSPS) is 15.4. The van der Waals surface area contributed by atoms with Crippen LogP contribution < -0.4 is 16.2 Å². The van der Waals surface area contributed by atoms with E-state index in [4.69, 9.17) is 0 Å². The molecule has 1 aromatic heterocycles. The molecule has 1 aliphatic rings. The van der Waals surface area contributed by atoms with Crippen molar-refractivity contribution in [2.45, 2.75) is 79.4 Å². The second kappa shape index (κ2) is 14.6. The van der Waals surface area contributed by atoms with E-state index in [2.05, 4.69) is 29.4 Å². The average molecular weight is 651 g/mol. The molecule has 4 rings (SSSR count). The Morgan fingerprint density at radius 2 is 1.66 bits per heavy atom. The molecule has 2 atom stereocenters.